The molecule has 0 aromatic heterocycles. The molecule has 25 heavy (non-hydrogen) atoms. The second-order valence-electron chi connectivity index (χ2n) is 5.27. The van der Waals surface area contributed by atoms with Crippen molar-refractivity contribution < 1.29 is 22.1 Å². The molecule has 0 spiro atoms. The van der Waals surface area contributed by atoms with E-state index in [0.29, 0.717) is 16.0 Å². The molecule has 0 radical (unpaired) electrons. The lowest BCUT2D eigenvalue weighted by molar-refractivity contribution is -0.137. The van der Waals surface area contributed by atoms with Gasteiger partial charge in [-0.25, -0.2) is 4.21 Å². The van der Waals surface area contributed by atoms with Crippen molar-refractivity contribution in [2.75, 3.05) is 11.8 Å². The van der Waals surface area contributed by atoms with E-state index in [1.54, 1.807) is 18.2 Å². The van der Waals surface area contributed by atoms with E-state index in [1.165, 1.54) is 19.2 Å². The van der Waals surface area contributed by atoms with Crippen LogP contribution in [0.1, 0.15) is 5.56 Å². The van der Waals surface area contributed by atoms with Crippen molar-refractivity contribution in [3.05, 3.63) is 66.2 Å². The number of methoxy groups -OCH3 is 1. The predicted octanol–water partition coefficient (Wildman–Crippen LogP) is 5.00. The normalized spacial score (nSPS) is 12.8. The Morgan fingerprint density at radius 1 is 1.00 bits per heavy atom. The van der Waals surface area contributed by atoms with Crippen LogP contribution in [0.5, 0.6) is 5.75 Å². The standard InChI is InChI=1S/C18H14F3NO2S/c1-24-16-10-9-12-5-2-3-8-15(12)17(16)25(23)22-14-7-4-6-13(11-14)18(19,20)21/h2-11,22H,1H3/t25-/m1/s1. The van der Waals surface area contributed by atoms with E-state index in [1.807, 2.05) is 18.2 Å². The van der Waals surface area contributed by atoms with Crippen LogP contribution in [0.4, 0.5) is 18.9 Å². The first-order valence-corrected chi connectivity index (χ1v) is 8.46. The Kier molecular flexibility index (Phi) is 4.67. The fourth-order valence-electron chi connectivity index (χ4n) is 2.49. The third-order valence-electron chi connectivity index (χ3n) is 3.65. The molecule has 0 aliphatic carbocycles. The summed E-state index contributed by atoms with van der Waals surface area (Å²) >= 11 is 0. The summed E-state index contributed by atoms with van der Waals surface area (Å²) in [6.07, 6.45) is -4.46. The summed E-state index contributed by atoms with van der Waals surface area (Å²) in [6.45, 7) is 0. The van der Waals surface area contributed by atoms with Crippen molar-refractivity contribution in [2.24, 2.45) is 0 Å². The van der Waals surface area contributed by atoms with Crippen molar-refractivity contribution in [3.63, 3.8) is 0 Å². The second kappa shape index (κ2) is 6.76. The topological polar surface area (TPSA) is 38.3 Å². The van der Waals surface area contributed by atoms with Crippen molar-refractivity contribution in [3.8, 4) is 5.75 Å². The van der Waals surface area contributed by atoms with Crippen LogP contribution < -0.4 is 9.46 Å². The molecule has 0 amide bonds. The van der Waals surface area contributed by atoms with Crippen molar-refractivity contribution >= 4 is 27.4 Å². The number of hydrogen-bond acceptors (Lipinski definition) is 2. The maximum Gasteiger partial charge on any atom is 0.416 e. The molecule has 0 saturated carbocycles. The van der Waals surface area contributed by atoms with E-state index in [2.05, 4.69) is 4.72 Å². The highest BCUT2D eigenvalue weighted by Gasteiger charge is 2.30. The summed E-state index contributed by atoms with van der Waals surface area (Å²) in [7, 11) is -0.344. The van der Waals surface area contributed by atoms with Gasteiger partial charge in [-0.2, -0.15) is 13.2 Å². The van der Waals surface area contributed by atoms with E-state index < -0.39 is 22.7 Å². The number of nitrogens with one attached hydrogen (secondary N) is 1. The molecule has 0 aliphatic rings. The average molecular weight is 365 g/mol. The summed E-state index contributed by atoms with van der Waals surface area (Å²) in [5, 5.41) is 1.57. The Labute approximate surface area is 145 Å². The van der Waals surface area contributed by atoms with Gasteiger partial charge in [-0.3, -0.25) is 0 Å². The van der Waals surface area contributed by atoms with Crippen molar-refractivity contribution in [2.45, 2.75) is 11.1 Å². The lowest BCUT2D eigenvalue weighted by Crippen LogP contribution is -2.09. The maximum atomic E-state index is 12.8. The van der Waals surface area contributed by atoms with Crippen molar-refractivity contribution in [1.29, 1.82) is 0 Å². The molecule has 1 atom stereocenters. The van der Waals surface area contributed by atoms with Gasteiger partial charge < -0.3 is 9.46 Å². The second-order valence-corrected chi connectivity index (χ2v) is 6.42. The maximum absolute atomic E-state index is 12.8. The molecule has 130 valence electrons. The zero-order chi connectivity index (χ0) is 18.0. The van der Waals surface area contributed by atoms with Gasteiger partial charge in [0.05, 0.1) is 12.7 Å². The van der Waals surface area contributed by atoms with Crippen LogP contribution >= 0.6 is 0 Å². The molecule has 0 fully saturated rings. The SMILES string of the molecule is COc1ccc2ccccc2c1[S@@](=O)Nc1cccc(C(F)(F)F)c1. The average Bonchev–Trinajstić information content (AvgIpc) is 2.60. The zero-order valence-electron chi connectivity index (χ0n) is 13.1. The number of fused-ring (bicyclic) bond motifs is 1. The molecule has 0 saturated heterocycles. The van der Waals surface area contributed by atoms with Gasteiger partial charge in [-0.05, 0) is 29.7 Å². The van der Waals surface area contributed by atoms with Gasteiger partial charge in [0.2, 0.25) is 0 Å². The minimum absolute atomic E-state index is 0.114. The van der Waals surface area contributed by atoms with E-state index in [-0.39, 0.29) is 5.69 Å². The van der Waals surface area contributed by atoms with E-state index >= 15 is 0 Å². The van der Waals surface area contributed by atoms with Gasteiger partial charge in [0, 0.05) is 11.1 Å². The quantitative estimate of drug-likeness (QED) is 0.706. The smallest absolute Gasteiger partial charge is 0.416 e. The molecule has 3 aromatic rings. The van der Waals surface area contributed by atoms with Gasteiger partial charge >= 0.3 is 6.18 Å². The van der Waals surface area contributed by atoms with Gasteiger partial charge in [0.1, 0.15) is 10.6 Å². The highest BCUT2D eigenvalue weighted by atomic mass is 32.2. The first-order chi connectivity index (χ1) is 11.9. The Morgan fingerprint density at radius 2 is 1.76 bits per heavy atom. The number of ether oxygens (including phenoxy) is 1. The third kappa shape index (κ3) is 3.61. The van der Waals surface area contributed by atoms with Crippen molar-refractivity contribution in [1.82, 2.24) is 0 Å². The minimum atomic E-state index is -4.46. The predicted molar refractivity (Wildman–Crippen MR) is 92.0 cm³/mol. The number of halogens is 3. The van der Waals surface area contributed by atoms with Gasteiger partial charge in [-0.15, -0.1) is 0 Å². The molecule has 0 heterocycles. The first kappa shape index (κ1) is 17.3. The summed E-state index contributed by atoms with van der Waals surface area (Å²) in [4.78, 5) is 0.387. The lowest BCUT2D eigenvalue weighted by Gasteiger charge is -2.14. The highest BCUT2D eigenvalue weighted by molar-refractivity contribution is 7.86. The number of benzene rings is 3. The molecule has 1 N–H and O–H groups in total. The van der Waals surface area contributed by atoms with E-state index in [9.17, 15) is 17.4 Å². The zero-order valence-corrected chi connectivity index (χ0v) is 13.9. The molecule has 0 aliphatic heterocycles. The van der Waals surface area contributed by atoms with Crippen LogP contribution in [0.2, 0.25) is 0 Å². The monoisotopic (exact) mass is 365 g/mol. The Bertz CT molecular complexity index is 941. The Morgan fingerprint density at radius 3 is 2.48 bits per heavy atom. The molecule has 3 rings (SSSR count). The van der Waals surface area contributed by atoms with E-state index in [4.69, 9.17) is 4.74 Å². The lowest BCUT2D eigenvalue weighted by atomic mass is 10.1. The summed E-state index contributed by atoms with van der Waals surface area (Å²) in [6, 6.07) is 15.4. The Hall–Kier alpha value is -2.54. The molecule has 0 unspecified atom stereocenters. The number of hydrogen-bond donors (Lipinski definition) is 1. The molecule has 3 nitrogen and oxygen atoms in total. The van der Waals surface area contributed by atoms with Crippen LogP contribution in [0.25, 0.3) is 10.8 Å². The summed E-state index contributed by atoms with van der Waals surface area (Å²) in [5.74, 6) is 0.400. The largest absolute Gasteiger partial charge is 0.495 e. The summed E-state index contributed by atoms with van der Waals surface area (Å²) in [5.41, 5.74) is -0.692. The van der Waals surface area contributed by atoms with E-state index in [0.717, 1.165) is 17.5 Å². The van der Waals surface area contributed by atoms with Gasteiger partial charge in [0.25, 0.3) is 0 Å². The van der Waals surface area contributed by atoms with Crippen LogP contribution in [-0.4, -0.2) is 11.3 Å². The summed E-state index contributed by atoms with van der Waals surface area (Å²) < 4.78 is 59.2. The Balaban J connectivity index is 2.01. The molecule has 3 aromatic carbocycles. The fraction of sp³-hybridized carbons (Fsp3) is 0.111. The molecular weight excluding hydrogens is 351 g/mol. The van der Waals surface area contributed by atoms with Crippen LogP contribution in [0.3, 0.4) is 0 Å². The first-order valence-electron chi connectivity index (χ1n) is 7.31. The molecule has 0 bridgehead atoms. The number of rotatable bonds is 4. The minimum Gasteiger partial charge on any atom is -0.495 e. The van der Waals surface area contributed by atoms with Crippen LogP contribution in [0.15, 0.2) is 65.6 Å². The number of anilines is 1. The number of alkyl halides is 3. The van der Waals surface area contributed by atoms with Gasteiger partial charge in [-0.1, -0.05) is 36.4 Å². The van der Waals surface area contributed by atoms with Gasteiger partial charge in [0.15, 0.2) is 11.0 Å². The third-order valence-corrected chi connectivity index (χ3v) is 4.86. The van der Waals surface area contributed by atoms with Crippen LogP contribution in [0, 0.1) is 0 Å². The molecular formula is C18H14F3NO2S. The fourth-order valence-corrected chi connectivity index (χ4v) is 3.65. The molecule has 7 heteroatoms. The highest BCUT2D eigenvalue weighted by Crippen LogP contribution is 2.33. The van der Waals surface area contributed by atoms with Crippen LogP contribution in [-0.2, 0) is 17.2 Å².